The van der Waals surface area contributed by atoms with Gasteiger partial charge in [-0.1, -0.05) is 26.8 Å². The summed E-state index contributed by atoms with van der Waals surface area (Å²) in [6.07, 6.45) is 11.6. The molecule has 0 aliphatic heterocycles. The van der Waals surface area contributed by atoms with Crippen LogP contribution in [-0.2, 0) is 14.3 Å². The molecule has 0 unspecified atom stereocenters. The number of hydrogen-bond donors (Lipinski definition) is 0. The van der Waals surface area contributed by atoms with Gasteiger partial charge in [0.25, 0.3) is 0 Å². The van der Waals surface area contributed by atoms with Crippen LogP contribution in [0.5, 0.6) is 0 Å². The van der Waals surface area contributed by atoms with Crippen LogP contribution in [0.15, 0.2) is 12.2 Å². The van der Waals surface area contributed by atoms with Crippen molar-refractivity contribution in [3.63, 3.8) is 0 Å². The standard InChI is InChI=1S/C22H32O3/c1-14(23)25-19-9-8-16-15-13-22(4)18(24)7-5-6-11-21(22,3)17(15)10-12-20(16,19)2/h5,7,15-17,19H,6,8-13H2,1-4H3/t15-,16+,17-,19+,20+,21-,22+/m1/s1. The van der Waals surface area contributed by atoms with E-state index in [1.54, 1.807) is 0 Å². The van der Waals surface area contributed by atoms with E-state index in [0.29, 0.717) is 23.5 Å². The Balaban J connectivity index is 1.68. The fraction of sp³-hybridized carbons (Fsp3) is 0.818. The minimum atomic E-state index is -0.222. The number of rotatable bonds is 1. The smallest absolute Gasteiger partial charge is 0.302 e. The second-order valence-corrected chi connectivity index (χ2v) is 9.86. The van der Waals surface area contributed by atoms with Crippen molar-refractivity contribution < 1.29 is 14.3 Å². The SMILES string of the molecule is CC(=O)O[C@H]1CC[C@H]2[C@H]3C[C@@]4(C)C(=O)C=CCC[C@]4(C)[C@@H]3CC[C@]12C. The summed E-state index contributed by atoms with van der Waals surface area (Å²) in [5.74, 6) is 2.02. The zero-order chi connectivity index (χ0) is 18.0. The second kappa shape index (κ2) is 5.44. The van der Waals surface area contributed by atoms with E-state index >= 15 is 0 Å². The van der Waals surface area contributed by atoms with Gasteiger partial charge in [0.15, 0.2) is 5.78 Å². The zero-order valence-corrected chi connectivity index (χ0v) is 16.1. The Labute approximate surface area is 151 Å². The van der Waals surface area contributed by atoms with Crippen LogP contribution < -0.4 is 0 Å². The molecule has 0 saturated heterocycles. The first-order chi connectivity index (χ1) is 11.7. The maximum absolute atomic E-state index is 13.0. The molecule has 4 aliphatic rings. The summed E-state index contributed by atoms with van der Waals surface area (Å²) in [4.78, 5) is 24.5. The lowest BCUT2D eigenvalue weighted by atomic mass is 9.55. The van der Waals surface area contributed by atoms with E-state index in [1.165, 1.54) is 13.3 Å². The van der Waals surface area contributed by atoms with Crippen LogP contribution in [0.3, 0.4) is 0 Å². The molecule has 0 spiro atoms. The molecule has 0 aromatic carbocycles. The van der Waals surface area contributed by atoms with Crippen LogP contribution >= 0.6 is 0 Å². The number of ketones is 1. The van der Waals surface area contributed by atoms with Crippen molar-refractivity contribution in [3.05, 3.63) is 12.2 Å². The predicted octanol–water partition coefficient (Wildman–Crippen LogP) is 4.70. The van der Waals surface area contributed by atoms with Crippen molar-refractivity contribution >= 4 is 11.8 Å². The van der Waals surface area contributed by atoms with Crippen molar-refractivity contribution in [2.75, 3.05) is 0 Å². The Kier molecular flexibility index (Phi) is 3.76. The van der Waals surface area contributed by atoms with E-state index in [2.05, 4.69) is 26.8 Å². The summed E-state index contributed by atoms with van der Waals surface area (Å²) in [6, 6.07) is 0. The van der Waals surface area contributed by atoms with Crippen LogP contribution in [-0.4, -0.2) is 17.9 Å². The Hall–Kier alpha value is -1.12. The lowest BCUT2D eigenvalue weighted by Gasteiger charge is -2.50. The molecule has 3 nitrogen and oxygen atoms in total. The quantitative estimate of drug-likeness (QED) is 0.648. The van der Waals surface area contributed by atoms with Crippen LogP contribution in [0, 0.1) is 34.0 Å². The maximum atomic E-state index is 13.0. The molecule has 0 amide bonds. The molecule has 3 saturated carbocycles. The van der Waals surface area contributed by atoms with E-state index < -0.39 is 0 Å². The fourth-order valence-corrected chi connectivity index (χ4v) is 7.42. The van der Waals surface area contributed by atoms with Crippen LogP contribution in [0.25, 0.3) is 0 Å². The molecule has 3 heteroatoms. The van der Waals surface area contributed by atoms with Crippen LogP contribution in [0.1, 0.15) is 72.6 Å². The molecule has 0 aromatic rings. The highest BCUT2D eigenvalue weighted by molar-refractivity contribution is 5.96. The van der Waals surface area contributed by atoms with Crippen molar-refractivity contribution in [2.45, 2.75) is 78.7 Å². The van der Waals surface area contributed by atoms with Gasteiger partial charge in [0, 0.05) is 17.8 Å². The van der Waals surface area contributed by atoms with Gasteiger partial charge in [0.1, 0.15) is 6.10 Å². The summed E-state index contributed by atoms with van der Waals surface area (Å²) in [6.45, 7) is 8.50. The van der Waals surface area contributed by atoms with Crippen LogP contribution in [0.4, 0.5) is 0 Å². The number of hydrogen-bond acceptors (Lipinski definition) is 3. The first kappa shape index (κ1) is 17.3. The molecule has 0 radical (unpaired) electrons. The fourth-order valence-electron chi connectivity index (χ4n) is 7.42. The van der Waals surface area contributed by atoms with Gasteiger partial charge in [0.2, 0.25) is 0 Å². The summed E-state index contributed by atoms with van der Waals surface area (Å²) >= 11 is 0. The minimum absolute atomic E-state index is 0.0672. The van der Waals surface area contributed by atoms with Gasteiger partial charge >= 0.3 is 5.97 Å². The molecular formula is C22H32O3. The van der Waals surface area contributed by atoms with Gasteiger partial charge < -0.3 is 4.74 Å². The maximum Gasteiger partial charge on any atom is 0.302 e. The predicted molar refractivity (Wildman–Crippen MR) is 96.8 cm³/mol. The van der Waals surface area contributed by atoms with Gasteiger partial charge in [-0.05, 0) is 74.2 Å². The van der Waals surface area contributed by atoms with Crippen molar-refractivity contribution in [2.24, 2.45) is 34.0 Å². The third-order valence-corrected chi connectivity index (χ3v) is 9.02. The third kappa shape index (κ3) is 2.16. The van der Waals surface area contributed by atoms with Gasteiger partial charge in [-0.3, -0.25) is 9.59 Å². The molecule has 25 heavy (non-hydrogen) atoms. The molecule has 4 aliphatic carbocycles. The number of ether oxygens (including phenoxy) is 1. The topological polar surface area (TPSA) is 43.4 Å². The van der Waals surface area contributed by atoms with Gasteiger partial charge in [0.05, 0.1) is 0 Å². The Morgan fingerprint density at radius 2 is 1.88 bits per heavy atom. The number of allylic oxidation sites excluding steroid dienone is 2. The largest absolute Gasteiger partial charge is 0.462 e. The van der Waals surface area contributed by atoms with E-state index in [-0.39, 0.29) is 28.3 Å². The molecule has 7 atom stereocenters. The summed E-state index contributed by atoms with van der Waals surface area (Å²) < 4.78 is 5.73. The number of fused-ring (bicyclic) bond motifs is 5. The Morgan fingerprint density at radius 1 is 1.12 bits per heavy atom. The lowest BCUT2D eigenvalue weighted by Crippen LogP contribution is -2.46. The first-order valence-corrected chi connectivity index (χ1v) is 10.1. The number of carbonyl (C=O) groups excluding carboxylic acids is 2. The summed E-state index contributed by atoms with van der Waals surface area (Å²) in [7, 11) is 0. The Morgan fingerprint density at radius 3 is 2.60 bits per heavy atom. The average molecular weight is 344 g/mol. The van der Waals surface area contributed by atoms with Crippen molar-refractivity contribution in [1.82, 2.24) is 0 Å². The zero-order valence-electron chi connectivity index (χ0n) is 16.1. The first-order valence-electron chi connectivity index (χ1n) is 10.1. The molecule has 138 valence electrons. The minimum Gasteiger partial charge on any atom is -0.462 e. The third-order valence-electron chi connectivity index (χ3n) is 9.02. The van der Waals surface area contributed by atoms with E-state index in [4.69, 9.17) is 4.74 Å². The van der Waals surface area contributed by atoms with Gasteiger partial charge in [-0.25, -0.2) is 0 Å². The number of carbonyl (C=O) groups is 2. The summed E-state index contributed by atoms with van der Waals surface area (Å²) in [5, 5.41) is 0. The highest BCUT2D eigenvalue weighted by Gasteiger charge is 2.67. The normalized spacial score (nSPS) is 51.4. The van der Waals surface area contributed by atoms with Gasteiger partial charge in [-0.15, -0.1) is 0 Å². The molecular weight excluding hydrogens is 312 g/mol. The molecule has 0 aromatic heterocycles. The van der Waals surface area contributed by atoms with Gasteiger partial charge in [-0.2, -0.15) is 0 Å². The molecule has 4 rings (SSSR count). The van der Waals surface area contributed by atoms with Crippen molar-refractivity contribution in [3.8, 4) is 0 Å². The molecule has 3 fully saturated rings. The lowest BCUT2D eigenvalue weighted by molar-refractivity contribution is -0.155. The highest BCUT2D eigenvalue weighted by Crippen LogP contribution is 2.71. The highest BCUT2D eigenvalue weighted by atomic mass is 16.5. The molecule has 0 heterocycles. The molecule has 0 N–H and O–H groups in total. The monoisotopic (exact) mass is 344 g/mol. The average Bonchev–Trinajstić information content (AvgIpc) is 2.94. The summed E-state index contributed by atoms with van der Waals surface area (Å²) in [5.41, 5.74) is -0.0127. The second-order valence-electron chi connectivity index (χ2n) is 9.86. The van der Waals surface area contributed by atoms with E-state index in [9.17, 15) is 9.59 Å². The number of esters is 1. The van der Waals surface area contributed by atoms with E-state index in [1.807, 2.05) is 6.08 Å². The van der Waals surface area contributed by atoms with Crippen LogP contribution in [0.2, 0.25) is 0 Å². The van der Waals surface area contributed by atoms with Crippen molar-refractivity contribution in [1.29, 1.82) is 0 Å². The van der Waals surface area contributed by atoms with E-state index in [0.717, 1.165) is 38.5 Å². The Bertz CT molecular complexity index is 637. The molecule has 0 bridgehead atoms.